The average Bonchev–Trinajstić information content (AvgIpc) is 3.64. The van der Waals surface area contributed by atoms with Crippen molar-refractivity contribution in [2.24, 2.45) is 11.3 Å². The molecule has 0 bridgehead atoms. The Labute approximate surface area is 336 Å². The van der Waals surface area contributed by atoms with Gasteiger partial charge in [-0.05, 0) is 86.6 Å². The van der Waals surface area contributed by atoms with Gasteiger partial charge in [0.15, 0.2) is 0 Å². The SMILES string of the molecule is [C-]#[N+]c1ccc(N2CC3(CCN(c4ccc(N5CCN(CC6CN(c7ccc8c(c7)C(=O)N(C7CCC(=O)NC7=O)C8=O)C6)CC5)cc4F)CC3)C[C@@H]2C)cc1Cl. The summed E-state index contributed by atoms with van der Waals surface area (Å²) in [6.45, 7) is 18.2. The number of nitrogens with zero attached hydrogens (tertiary/aromatic N) is 7. The van der Waals surface area contributed by atoms with Crippen LogP contribution in [0.3, 0.4) is 0 Å². The molecule has 4 amide bonds. The van der Waals surface area contributed by atoms with Crippen LogP contribution in [0.25, 0.3) is 4.85 Å². The summed E-state index contributed by atoms with van der Waals surface area (Å²) in [5.74, 6) is -1.69. The Morgan fingerprint density at radius 1 is 0.842 bits per heavy atom. The maximum atomic E-state index is 15.7. The predicted molar refractivity (Wildman–Crippen MR) is 217 cm³/mol. The Morgan fingerprint density at radius 2 is 1.54 bits per heavy atom. The van der Waals surface area contributed by atoms with E-state index in [1.807, 2.05) is 24.3 Å². The van der Waals surface area contributed by atoms with E-state index in [1.165, 1.54) is 0 Å². The Kier molecular flexibility index (Phi) is 9.60. The highest BCUT2D eigenvalue weighted by atomic mass is 35.5. The zero-order valence-corrected chi connectivity index (χ0v) is 32.8. The lowest BCUT2D eigenvalue weighted by Crippen LogP contribution is -2.55. The fourth-order valence-electron chi connectivity index (χ4n) is 10.1. The number of carbonyl (C=O) groups excluding carboxylic acids is 4. The van der Waals surface area contributed by atoms with Crippen LogP contribution in [0.1, 0.15) is 59.7 Å². The molecule has 3 aromatic carbocycles. The van der Waals surface area contributed by atoms with Gasteiger partial charge in [-0.1, -0.05) is 17.7 Å². The van der Waals surface area contributed by atoms with Crippen LogP contribution in [0.15, 0.2) is 54.6 Å². The number of amides is 4. The van der Waals surface area contributed by atoms with Crippen LogP contribution in [-0.4, -0.2) is 111 Å². The smallest absolute Gasteiger partial charge is 0.262 e. The number of anilines is 4. The quantitative estimate of drug-likeness (QED) is 0.243. The molecule has 6 aliphatic rings. The fraction of sp³-hybridized carbons (Fsp3) is 0.465. The van der Waals surface area contributed by atoms with E-state index in [0.29, 0.717) is 33.9 Å². The lowest BCUT2D eigenvalue weighted by molar-refractivity contribution is -0.136. The first-order valence-corrected chi connectivity index (χ1v) is 20.4. The minimum absolute atomic E-state index is 0.0899. The van der Waals surface area contributed by atoms with Crippen molar-refractivity contribution in [1.29, 1.82) is 0 Å². The first kappa shape index (κ1) is 37.4. The highest BCUT2D eigenvalue weighted by Crippen LogP contribution is 2.47. The molecule has 1 unspecified atom stereocenters. The van der Waals surface area contributed by atoms with Gasteiger partial charge in [0.2, 0.25) is 17.5 Å². The van der Waals surface area contributed by atoms with Crippen LogP contribution in [-0.2, 0) is 9.59 Å². The van der Waals surface area contributed by atoms with Crippen molar-refractivity contribution in [3.8, 4) is 0 Å². The minimum Gasteiger partial charge on any atom is -0.371 e. The number of hydrogen-bond donors (Lipinski definition) is 1. The molecule has 57 heavy (non-hydrogen) atoms. The number of rotatable bonds is 7. The topological polar surface area (TPSA) is 104 Å². The highest BCUT2D eigenvalue weighted by Gasteiger charge is 2.46. The van der Waals surface area contributed by atoms with Crippen molar-refractivity contribution in [3.63, 3.8) is 0 Å². The number of carbonyl (C=O) groups is 4. The molecule has 3 aromatic rings. The molecule has 12 nitrogen and oxygen atoms in total. The number of halogens is 2. The van der Waals surface area contributed by atoms with E-state index < -0.39 is 29.7 Å². The second-order valence-corrected chi connectivity index (χ2v) is 17.2. The predicted octanol–water partition coefficient (Wildman–Crippen LogP) is 5.57. The Hall–Kier alpha value is -5.19. The molecule has 0 aromatic heterocycles. The van der Waals surface area contributed by atoms with Gasteiger partial charge in [0, 0.05) is 106 Å². The van der Waals surface area contributed by atoms with E-state index in [1.54, 1.807) is 24.3 Å². The summed E-state index contributed by atoms with van der Waals surface area (Å²) in [7, 11) is 0. The van der Waals surface area contributed by atoms with Gasteiger partial charge in [-0.25, -0.2) is 9.24 Å². The van der Waals surface area contributed by atoms with Crippen LogP contribution in [0, 0.1) is 23.7 Å². The molecule has 1 N–H and O–H groups in total. The molecule has 5 fully saturated rings. The summed E-state index contributed by atoms with van der Waals surface area (Å²) < 4.78 is 15.7. The van der Waals surface area contributed by atoms with Gasteiger partial charge in [-0.15, -0.1) is 0 Å². The number of nitrogens with one attached hydrogen (secondary N) is 1. The van der Waals surface area contributed by atoms with Crippen LogP contribution in [0.4, 0.5) is 32.8 Å². The number of piperidine rings is 2. The third-order valence-electron chi connectivity index (χ3n) is 13.2. The van der Waals surface area contributed by atoms with E-state index >= 15 is 4.39 Å². The molecule has 1 spiro atoms. The normalized spacial score (nSPS) is 23.9. The highest BCUT2D eigenvalue weighted by molar-refractivity contribution is 6.33. The van der Waals surface area contributed by atoms with Crippen LogP contribution < -0.4 is 24.9 Å². The Morgan fingerprint density at radius 3 is 2.25 bits per heavy atom. The largest absolute Gasteiger partial charge is 0.371 e. The van der Waals surface area contributed by atoms with Crippen molar-refractivity contribution >= 4 is 63.7 Å². The molecule has 14 heteroatoms. The number of hydrogen-bond acceptors (Lipinski definition) is 9. The van der Waals surface area contributed by atoms with Gasteiger partial charge in [-0.3, -0.25) is 34.3 Å². The van der Waals surface area contributed by atoms with Gasteiger partial charge < -0.3 is 19.6 Å². The summed E-state index contributed by atoms with van der Waals surface area (Å²) in [6, 6.07) is 16.1. The van der Waals surface area contributed by atoms with Crippen molar-refractivity contribution in [3.05, 3.63) is 88.0 Å². The van der Waals surface area contributed by atoms with Gasteiger partial charge >= 0.3 is 0 Å². The number of benzene rings is 3. The molecule has 0 radical (unpaired) electrons. The van der Waals surface area contributed by atoms with Crippen molar-refractivity contribution < 1.29 is 23.6 Å². The first-order valence-electron chi connectivity index (χ1n) is 20.1. The van der Waals surface area contributed by atoms with Crippen LogP contribution in [0.2, 0.25) is 5.02 Å². The van der Waals surface area contributed by atoms with E-state index in [9.17, 15) is 19.2 Å². The third-order valence-corrected chi connectivity index (χ3v) is 13.5. The minimum atomic E-state index is -0.974. The average molecular weight is 793 g/mol. The summed E-state index contributed by atoms with van der Waals surface area (Å²) >= 11 is 6.37. The molecular formula is C43H46ClFN8O4. The lowest BCUT2D eigenvalue weighted by Gasteiger charge is -2.45. The van der Waals surface area contributed by atoms with Gasteiger partial charge in [0.25, 0.3) is 11.8 Å². The molecule has 0 aliphatic carbocycles. The molecule has 6 aliphatic heterocycles. The second-order valence-electron chi connectivity index (χ2n) is 16.8. The van der Waals surface area contributed by atoms with Crippen molar-refractivity contribution in [1.82, 2.24) is 15.1 Å². The van der Waals surface area contributed by atoms with E-state index in [0.717, 1.165) is 107 Å². The zero-order chi connectivity index (χ0) is 39.6. The van der Waals surface area contributed by atoms with E-state index in [-0.39, 0.29) is 29.6 Å². The molecule has 0 saturated carbocycles. The molecule has 296 valence electrons. The Bertz CT molecular complexity index is 2190. The second kappa shape index (κ2) is 14.6. The summed E-state index contributed by atoms with van der Waals surface area (Å²) in [5, 5.41) is 2.73. The Balaban J connectivity index is 0.739. The molecule has 6 heterocycles. The molecule has 5 saturated heterocycles. The summed E-state index contributed by atoms with van der Waals surface area (Å²) in [5.41, 5.74) is 4.78. The third kappa shape index (κ3) is 6.86. The van der Waals surface area contributed by atoms with Gasteiger partial charge in [0.1, 0.15) is 11.9 Å². The first-order chi connectivity index (χ1) is 27.5. The van der Waals surface area contributed by atoms with E-state index in [2.05, 4.69) is 47.7 Å². The number of imide groups is 2. The lowest BCUT2D eigenvalue weighted by atomic mass is 9.76. The number of piperazine rings is 1. The van der Waals surface area contributed by atoms with Crippen molar-refractivity contribution in [2.45, 2.75) is 51.1 Å². The molecular weight excluding hydrogens is 747 g/mol. The van der Waals surface area contributed by atoms with Gasteiger partial charge in [0.05, 0.1) is 23.4 Å². The summed E-state index contributed by atoms with van der Waals surface area (Å²) in [6.07, 6.45) is 3.32. The number of fused-ring (bicyclic) bond motifs is 1. The zero-order valence-electron chi connectivity index (χ0n) is 32.1. The van der Waals surface area contributed by atoms with E-state index in [4.69, 9.17) is 18.2 Å². The monoisotopic (exact) mass is 792 g/mol. The van der Waals surface area contributed by atoms with Gasteiger partial charge in [-0.2, -0.15) is 0 Å². The molecule has 9 rings (SSSR count). The standard InChI is InChI=1S/C43H46ClFN8O4/c1-27-22-43(26-52(27)31-4-7-36(46-2)34(44)20-31)11-13-50(14-12-43)37-8-5-30(21-35(37)45)49-17-15-48(16-18-49)23-28-24-51(25-28)29-3-6-32-33(19-29)42(57)53(41(32)56)38-9-10-39(54)47-40(38)55/h3-8,19-21,27-28,38H,9-18,22-26H2,1H3,(H,47,54,55)/t27-,38?/m0/s1. The summed E-state index contributed by atoms with van der Waals surface area (Å²) in [4.78, 5) is 66.4. The van der Waals surface area contributed by atoms with Crippen molar-refractivity contribution in [2.75, 3.05) is 85.0 Å². The van der Waals surface area contributed by atoms with Crippen LogP contribution >= 0.6 is 11.6 Å². The maximum absolute atomic E-state index is 15.7. The fourth-order valence-corrected chi connectivity index (χ4v) is 10.3. The maximum Gasteiger partial charge on any atom is 0.262 e. The van der Waals surface area contributed by atoms with Crippen LogP contribution in [0.5, 0.6) is 0 Å². The molecule has 2 atom stereocenters.